The molecule has 0 aliphatic heterocycles. The number of carboxylic acids is 1. The first-order valence-electron chi connectivity index (χ1n) is 7.52. The molecule has 1 atom stereocenters. The smallest absolute Gasteiger partial charge is 0.339 e. The fourth-order valence-electron chi connectivity index (χ4n) is 2.36. The molecule has 0 bridgehead atoms. The van der Waals surface area contributed by atoms with Gasteiger partial charge in [-0.1, -0.05) is 27.2 Å². The highest BCUT2D eigenvalue weighted by Crippen LogP contribution is 2.20. The van der Waals surface area contributed by atoms with E-state index >= 15 is 0 Å². The number of benzene rings is 1. The van der Waals surface area contributed by atoms with E-state index in [2.05, 4.69) is 0 Å². The molecule has 0 saturated carbocycles. The number of rotatable bonds is 7. The number of esters is 1. The van der Waals surface area contributed by atoms with Crippen LogP contribution in [-0.2, 0) is 11.2 Å². The average Bonchev–Trinajstić information content (AvgIpc) is 2.45. The minimum atomic E-state index is -1.10. The Morgan fingerprint density at radius 2 is 1.86 bits per heavy atom. The van der Waals surface area contributed by atoms with E-state index in [0.717, 1.165) is 36.8 Å². The number of hydrogen-bond donors (Lipinski definition) is 1. The molecule has 1 aromatic carbocycles. The fraction of sp³-hybridized carbons (Fsp3) is 0.529. The van der Waals surface area contributed by atoms with Crippen molar-refractivity contribution in [2.45, 2.75) is 59.5 Å². The van der Waals surface area contributed by atoms with Gasteiger partial charge in [-0.05, 0) is 49.4 Å². The molecule has 0 fully saturated rings. The van der Waals surface area contributed by atoms with E-state index in [-0.39, 0.29) is 17.2 Å². The molecule has 0 aliphatic rings. The Kier molecular flexibility index (Phi) is 6.40. The molecule has 4 nitrogen and oxygen atoms in total. The number of carbonyl (C=O) groups excluding carboxylic acids is 1. The van der Waals surface area contributed by atoms with E-state index in [0.29, 0.717) is 0 Å². The summed E-state index contributed by atoms with van der Waals surface area (Å²) in [6.07, 6.45) is 3.01. The second kappa shape index (κ2) is 7.81. The molecule has 4 heteroatoms. The average molecular weight is 292 g/mol. The summed E-state index contributed by atoms with van der Waals surface area (Å²) in [5, 5.41) is 9.31. The Labute approximate surface area is 126 Å². The summed E-state index contributed by atoms with van der Waals surface area (Å²) in [7, 11) is 0. The van der Waals surface area contributed by atoms with Gasteiger partial charge in [-0.15, -0.1) is 0 Å². The van der Waals surface area contributed by atoms with E-state index in [9.17, 15) is 14.7 Å². The molecule has 0 radical (unpaired) electrons. The van der Waals surface area contributed by atoms with Crippen LogP contribution in [0.5, 0.6) is 0 Å². The van der Waals surface area contributed by atoms with Crippen LogP contribution < -0.4 is 0 Å². The van der Waals surface area contributed by atoms with Gasteiger partial charge in [0, 0.05) is 0 Å². The van der Waals surface area contributed by atoms with E-state index in [1.54, 1.807) is 12.1 Å². The topological polar surface area (TPSA) is 63.6 Å². The van der Waals surface area contributed by atoms with Gasteiger partial charge in [0.25, 0.3) is 0 Å². The minimum Gasteiger partial charge on any atom is -0.478 e. The third-order valence-corrected chi connectivity index (χ3v) is 3.65. The summed E-state index contributed by atoms with van der Waals surface area (Å²) >= 11 is 0. The van der Waals surface area contributed by atoms with Gasteiger partial charge < -0.3 is 9.84 Å². The second-order valence-corrected chi connectivity index (χ2v) is 5.21. The zero-order chi connectivity index (χ0) is 16.0. The minimum absolute atomic E-state index is 0.0220. The molecule has 1 N–H and O–H groups in total. The summed E-state index contributed by atoms with van der Waals surface area (Å²) in [6.45, 7) is 7.82. The van der Waals surface area contributed by atoms with Gasteiger partial charge in [0.2, 0.25) is 0 Å². The molecule has 0 aliphatic carbocycles. The number of aromatic carboxylic acids is 1. The molecule has 0 aromatic heterocycles. The van der Waals surface area contributed by atoms with Gasteiger partial charge >= 0.3 is 11.9 Å². The molecule has 21 heavy (non-hydrogen) atoms. The molecule has 1 aromatic rings. The lowest BCUT2D eigenvalue weighted by molar-refractivity contribution is 0.0266. The molecule has 0 heterocycles. The van der Waals surface area contributed by atoms with E-state index < -0.39 is 11.9 Å². The van der Waals surface area contributed by atoms with Crippen molar-refractivity contribution in [3.8, 4) is 0 Å². The third-order valence-electron chi connectivity index (χ3n) is 3.65. The molecular formula is C17H24O4. The van der Waals surface area contributed by atoms with Crippen molar-refractivity contribution in [1.82, 2.24) is 0 Å². The van der Waals surface area contributed by atoms with Crippen LogP contribution in [0.3, 0.4) is 0 Å². The highest BCUT2D eigenvalue weighted by atomic mass is 16.5. The Bertz CT molecular complexity index is 520. The Balaban J connectivity index is 3.13. The summed E-state index contributed by atoms with van der Waals surface area (Å²) in [4.78, 5) is 23.7. The first-order valence-corrected chi connectivity index (χ1v) is 7.52. The second-order valence-electron chi connectivity index (χ2n) is 5.21. The maximum Gasteiger partial charge on any atom is 0.339 e. The fourth-order valence-corrected chi connectivity index (χ4v) is 2.36. The van der Waals surface area contributed by atoms with Gasteiger partial charge in [0.15, 0.2) is 0 Å². The van der Waals surface area contributed by atoms with Gasteiger partial charge in [-0.25, -0.2) is 9.59 Å². The summed E-state index contributed by atoms with van der Waals surface area (Å²) in [5.74, 6) is -1.64. The van der Waals surface area contributed by atoms with Crippen LogP contribution in [0.1, 0.15) is 71.9 Å². The lowest BCUT2D eigenvalue weighted by atomic mass is 9.97. The van der Waals surface area contributed by atoms with E-state index in [1.165, 1.54) is 0 Å². The van der Waals surface area contributed by atoms with Crippen LogP contribution in [0.15, 0.2) is 12.1 Å². The summed E-state index contributed by atoms with van der Waals surface area (Å²) in [5.41, 5.74) is 2.02. The number of ether oxygens (including phenoxy) is 1. The third kappa shape index (κ3) is 4.31. The molecule has 0 saturated heterocycles. The van der Waals surface area contributed by atoms with Crippen LogP contribution in [0.2, 0.25) is 0 Å². The molecular weight excluding hydrogens is 268 g/mol. The zero-order valence-corrected chi connectivity index (χ0v) is 13.2. The van der Waals surface area contributed by atoms with Crippen LogP contribution >= 0.6 is 0 Å². The van der Waals surface area contributed by atoms with Crippen molar-refractivity contribution in [3.63, 3.8) is 0 Å². The van der Waals surface area contributed by atoms with Crippen LogP contribution in [0.25, 0.3) is 0 Å². The first-order chi connectivity index (χ1) is 9.94. The quantitative estimate of drug-likeness (QED) is 0.772. The number of hydrogen-bond acceptors (Lipinski definition) is 3. The molecule has 1 rings (SSSR count). The van der Waals surface area contributed by atoms with Gasteiger partial charge in [0.05, 0.1) is 11.1 Å². The Morgan fingerprint density at radius 3 is 2.33 bits per heavy atom. The van der Waals surface area contributed by atoms with Crippen LogP contribution in [-0.4, -0.2) is 23.1 Å². The highest BCUT2D eigenvalue weighted by molar-refractivity contribution is 6.02. The SMILES string of the molecule is CCCC(CC)OC(=O)c1cc(C)c(CC)cc1C(=O)O. The molecule has 0 spiro atoms. The van der Waals surface area contributed by atoms with Gasteiger partial charge in [0.1, 0.15) is 6.10 Å². The molecule has 116 valence electrons. The van der Waals surface area contributed by atoms with Crippen LogP contribution in [0, 0.1) is 6.92 Å². The number of aryl methyl sites for hydroxylation is 2. The normalized spacial score (nSPS) is 12.0. The van der Waals surface area contributed by atoms with E-state index in [1.807, 2.05) is 27.7 Å². The van der Waals surface area contributed by atoms with Crippen molar-refractivity contribution >= 4 is 11.9 Å². The predicted molar refractivity (Wildman–Crippen MR) is 81.9 cm³/mol. The standard InChI is InChI=1S/C17H24O4/c1-5-8-13(7-3)21-17(20)15-9-11(4)12(6-2)10-14(15)16(18)19/h9-10,13H,5-8H2,1-4H3,(H,18,19). The van der Waals surface area contributed by atoms with Crippen molar-refractivity contribution in [2.24, 2.45) is 0 Å². The number of carbonyl (C=O) groups is 2. The van der Waals surface area contributed by atoms with Crippen molar-refractivity contribution in [2.75, 3.05) is 0 Å². The van der Waals surface area contributed by atoms with Crippen molar-refractivity contribution in [1.29, 1.82) is 0 Å². The van der Waals surface area contributed by atoms with Crippen molar-refractivity contribution in [3.05, 3.63) is 34.4 Å². The van der Waals surface area contributed by atoms with Crippen molar-refractivity contribution < 1.29 is 19.4 Å². The maximum absolute atomic E-state index is 12.3. The Morgan fingerprint density at radius 1 is 1.19 bits per heavy atom. The monoisotopic (exact) mass is 292 g/mol. The molecule has 0 amide bonds. The lowest BCUT2D eigenvalue weighted by Crippen LogP contribution is -2.20. The summed E-state index contributed by atoms with van der Waals surface area (Å²) < 4.78 is 5.44. The van der Waals surface area contributed by atoms with E-state index in [4.69, 9.17) is 4.74 Å². The van der Waals surface area contributed by atoms with Gasteiger partial charge in [-0.3, -0.25) is 0 Å². The number of carboxylic acid groups (broad SMARTS) is 1. The lowest BCUT2D eigenvalue weighted by Gasteiger charge is -2.17. The van der Waals surface area contributed by atoms with Crippen LogP contribution in [0.4, 0.5) is 0 Å². The van der Waals surface area contributed by atoms with Gasteiger partial charge in [-0.2, -0.15) is 0 Å². The Hall–Kier alpha value is -1.84. The highest BCUT2D eigenvalue weighted by Gasteiger charge is 2.22. The molecule has 1 unspecified atom stereocenters. The predicted octanol–water partition coefficient (Wildman–Crippen LogP) is 3.99. The summed E-state index contributed by atoms with van der Waals surface area (Å²) in [6, 6.07) is 3.21. The zero-order valence-electron chi connectivity index (χ0n) is 13.2. The largest absolute Gasteiger partial charge is 0.478 e. The first kappa shape index (κ1) is 17.2. The maximum atomic E-state index is 12.3.